The van der Waals surface area contributed by atoms with E-state index in [-0.39, 0.29) is 24.8 Å². The number of allylic oxidation sites excluding steroid dienone is 3. The number of hydrogen-bond donors (Lipinski definition) is 0. The van der Waals surface area contributed by atoms with Crippen molar-refractivity contribution in [1.82, 2.24) is 0 Å². The van der Waals surface area contributed by atoms with Crippen LogP contribution in [0.1, 0.15) is 6.92 Å². The van der Waals surface area contributed by atoms with Crippen molar-refractivity contribution < 1.29 is 16.3 Å². The van der Waals surface area contributed by atoms with Crippen molar-refractivity contribution in [3.8, 4) is 0 Å². The second-order valence-electron chi connectivity index (χ2n) is 0.854. The molecule has 0 aromatic carbocycles. The van der Waals surface area contributed by atoms with Gasteiger partial charge in [-0.1, -0.05) is 0 Å². The summed E-state index contributed by atoms with van der Waals surface area (Å²) in [4.78, 5) is 1.88. The van der Waals surface area contributed by atoms with E-state index in [1.54, 1.807) is 0 Å². The monoisotopic (exact) mass is 191 g/mol. The second-order valence-corrected chi connectivity index (χ2v) is 1.28. The molecule has 0 heterocycles. The van der Waals surface area contributed by atoms with Crippen molar-refractivity contribution >= 4 is 24.8 Å². The van der Waals surface area contributed by atoms with E-state index in [2.05, 4.69) is 16.3 Å². The molecule has 0 atom stereocenters. The maximum absolute atomic E-state index is 2.75. The third-order valence-electron chi connectivity index (χ3n) is 0.382. The molecule has 0 radical (unpaired) electrons. The van der Waals surface area contributed by atoms with Crippen molar-refractivity contribution in [2.24, 2.45) is 0 Å². The van der Waals surface area contributed by atoms with E-state index >= 15 is 0 Å². The molecule has 0 aliphatic rings. The van der Waals surface area contributed by atoms with E-state index in [0.29, 0.717) is 0 Å². The Morgan fingerprint density at radius 2 is 1.62 bits per heavy atom. The smallest absolute Gasteiger partial charge is 0.147 e. The summed E-state index contributed by atoms with van der Waals surface area (Å²) in [7, 11) is 0. The van der Waals surface area contributed by atoms with Gasteiger partial charge in [-0.15, -0.1) is 24.8 Å². The molecule has 0 aliphatic carbocycles. The molecule has 0 aliphatic heterocycles. The Hall–Kier alpha value is 0.592. The third-order valence-corrected chi connectivity index (χ3v) is 0.628. The molecule has 0 unspecified atom stereocenters. The molecule has 0 saturated carbocycles. The summed E-state index contributed by atoms with van der Waals surface area (Å²) in [5, 5.41) is 0. The van der Waals surface area contributed by atoms with Gasteiger partial charge in [0.1, 0.15) is 0 Å². The van der Waals surface area contributed by atoms with Crippen LogP contribution in [-0.4, -0.2) is 0 Å². The maximum atomic E-state index is 2.75. The predicted octanol–water partition coefficient (Wildman–Crippen LogP) is 2.47. The van der Waals surface area contributed by atoms with Crippen LogP contribution in [0.4, 0.5) is 0 Å². The molecule has 0 aromatic rings. The van der Waals surface area contributed by atoms with Gasteiger partial charge in [0.05, 0.1) is 0 Å². The molecule has 0 nitrogen and oxygen atoms in total. The summed E-state index contributed by atoms with van der Waals surface area (Å²) in [6.45, 7) is 1.99. The molecule has 0 fully saturated rings. The Balaban J connectivity index is -0.000000125. The molecular formula is C5H9Cl2Cr. The topological polar surface area (TPSA) is 0 Å². The average Bonchev–Trinajstić information content (AvgIpc) is 1.61. The standard InChI is InChI=1S/C5H7.2ClH.Cr/c1-3-5-4-2;;;/h1,3-5H,2H3;2*1H;. The fourth-order valence-electron chi connectivity index (χ4n) is 0.156. The average molecular weight is 192 g/mol. The summed E-state index contributed by atoms with van der Waals surface area (Å²) in [6, 6.07) is 0. The SMILES string of the molecule is CC=CC=[CH][Cr].Cl.Cl. The first-order chi connectivity index (χ1) is 2.91. The first-order valence-electron chi connectivity index (χ1n) is 1.81. The molecule has 8 heavy (non-hydrogen) atoms. The van der Waals surface area contributed by atoms with E-state index in [1.807, 2.05) is 30.1 Å². The Morgan fingerprint density at radius 1 is 1.12 bits per heavy atom. The van der Waals surface area contributed by atoms with Gasteiger partial charge in [0.15, 0.2) is 0 Å². The van der Waals surface area contributed by atoms with Gasteiger partial charge in [0.25, 0.3) is 0 Å². The summed E-state index contributed by atoms with van der Waals surface area (Å²) in [5.41, 5.74) is 0. The summed E-state index contributed by atoms with van der Waals surface area (Å²) < 4.78 is 0. The van der Waals surface area contributed by atoms with E-state index in [0.717, 1.165) is 0 Å². The molecule has 0 rings (SSSR count). The zero-order valence-corrected chi connectivity index (χ0v) is 7.44. The van der Waals surface area contributed by atoms with Crippen molar-refractivity contribution in [3.05, 3.63) is 23.2 Å². The molecule has 0 amide bonds. The minimum absolute atomic E-state index is 0. The Bertz CT molecular complexity index is 58.8. The van der Waals surface area contributed by atoms with Crippen LogP contribution in [0.2, 0.25) is 0 Å². The minimum Gasteiger partial charge on any atom is -0.147 e. The first kappa shape index (κ1) is 15.8. The first-order valence-corrected chi connectivity index (χ1v) is 2.55. The number of halogens is 2. The molecule has 0 aromatic heterocycles. The van der Waals surface area contributed by atoms with Gasteiger partial charge < -0.3 is 0 Å². The van der Waals surface area contributed by atoms with Gasteiger partial charge in [-0.05, 0) is 0 Å². The van der Waals surface area contributed by atoms with Gasteiger partial charge in [-0.2, -0.15) is 0 Å². The normalized spacial score (nSPS) is 8.62. The fraction of sp³-hybridized carbons (Fsp3) is 0.200. The Morgan fingerprint density at radius 3 is 1.75 bits per heavy atom. The quantitative estimate of drug-likeness (QED) is 0.559. The van der Waals surface area contributed by atoms with Crippen LogP contribution >= 0.6 is 24.8 Å². The van der Waals surface area contributed by atoms with Crippen molar-refractivity contribution in [1.29, 1.82) is 0 Å². The van der Waals surface area contributed by atoms with Crippen LogP contribution in [-0.2, 0) is 16.3 Å². The van der Waals surface area contributed by atoms with Gasteiger partial charge in [-0.3, -0.25) is 0 Å². The molecule has 0 spiro atoms. The van der Waals surface area contributed by atoms with E-state index < -0.39 is 0 Å². The van der Waals surface area contributed by atoms with Crippen molar-refractivity contribution in [2.75, 3.05) is 0 Å². The number of rotatable bonds is 1. The van der Waals surface area contributed by atoms with Gasteiger partial charge >= 0.3 is 46.4 Å². The summed E-state index contributed by atoms with van der Waals surface area (Å²) >= 11 is 2.75. The number of hydrogen-bond acceptors (Lipinski definition) is 0. The maximum Gasteiger partial charge on any atom is -0.147 e. The molecule has 49 valence electrons. The van der Waals surface area contributed by atoms with Crippen LogP contribution in [0.15, 0.2) is 23.2 Å². The summed E-state index contributed by atoms with van der Waals surface area (Å²) in [5.74, 6) is 0. The zero-order valence-electron chi connectivity index (χ0n) is 4.53. The van der Waals surface area contributed by atoms with E-state index in [9.17, 15) is 0 Å². The Kier molecular flexibility index (Phi) is 31.0. The molecular weight excluding hydrogens is 183 g/mol. The third kappa shape index (κ3) is 16.0. The molecule has 3 heteroatoms. The minimum atomic E-state index is 0. The molecule has 0 bridgehead atoms. The van der Waals surface area contributed by atoms with E-state index in [4.69, 9.17) is 0 Å². The van der Waals surface area contributed by atoms with Gasteiger partial charge in [0.2, 0.25) is 0 Å². The van der Waals surface area contributed by atoms with Crippen LogP contribution in [0.3, 0.4) is 0 Å². The summed E-state index contributed by atoms with van der Waals surface area (Å²) in [6.07, 6.45) is 5.89. The van der Waals surface area contributed by atoms with Crippen LogP contribution < -0.4 is 0 Å². The van der Waals surface area contributed by atoms with Crippen molar-refractivity contribution in [2.45, 2.75) is 6.92 Å². The Labute approximate surface area is 71.3 Å². The predicted molar refractivity (Wildman–Crippen MR) is 38.5 cm³/mol. The van der Waals surface area contributed by atoms with Crippen LogP contribution in [0.5, 0.6) is 0 Å². The van der Waals surface area contributed by atoms with Crippen LogP contribution in [0, 0.1) is 0 Å². The second kappa shape index (κ2) is 15.6. The van der Waals surface area contributed by atoms with Crippen LogP contribution in [0.25, 0.3) is 0 Å². The van der Waals surface area contributed by atoms with Gasteiger partial charge in [0, 0.05) is 0 Å². The zero-order chi connectivity index (χ0) is 4.83. The molecule has 0 N–H and O–H groups in total. The van der Waals surface area contributed by atoms with Crippen molar-refractivity contribution in [3.63, 3.8) is 0 Å². The largest absolute Gasteiger partial charge is 0.147 e. The van der Waals surface area contributed by atoms with Gasteiger partial charge in [-0.25, -0.2) is 0 Å². The fourth-order valence-corrected chi connectivity index (χ4v) is 0.298. The molecule has 0 saturated heterocycles. The van der Waals surface area contributed by atoms with E-state index in [1.165, 1.54) is 0 Å².